The number of carbonyl (C=O) groups is 1. The zero-order valence-electron chi connectivity index (χ0n) is 9.47. The fraction of sp³-hybridized carbons (Fsp3) is 0.333. The number of hydrogen-bond donors (Lipinski definition) is 1. The maximum Gasteiger partial charge on any atom is 0.337 e. The maximum absolute atomic E-state index is 11.2. The van der Waals surface area contributed by atoms with E-state index in [-0.39, 0.29) is 5.56 Å². The Morgan fingerprint density at radius 3 is 3.06 bits per heavy atom. The van der Waals surface area contributed by atoms with Gasteiger partial charge in [-0.3, -0.25) is 0 Å². The summed E-state index contributed by atoms with van der Waals surface area (Å²) >= 11 is 5.80. The van der Waals surface area contributed by atoms with Crippen molar-refractivity contribution >= 4 is 23.3 Å². The molecule has 1 fully saturated rings. The van der Waals surface area contributed by atoms with Gasteiger partial charge in [0.15, 0.2) is 6.10 Å². The summed E-state index contributed by atoms with van der Waals surface area (Å²) in [5.41, 5.74) is 0.705. The highest BCUT2D eigenvalue weighted by atomic mass is 35.5. The van der Waals surface area contributed by atoms with Gasteiger partial charge in [0.2, 0.25) is 0 Å². The molecule has 5 nitrogen and oxygen atoms in total. The van der Waals surface area contributed by atoms with Crippen molar-refractivity contribution in [1.82, 2.24) is 0 Å². The molecule has 0 saturated carbocycles. The van der Waals surface area contributed by atoms with Gasteiger partial charge >= 0.3 is 5.97 Å². The largest absolute Gasteiger partial charge is 0.478 e. The molecular formula is C12H11ClN2O3. The van der Waals surface area contributed by atoms with Gasteiger partial charge in [-0.25, -0.2) is 4.79 Å². The van der Waals surface area contributed by atoms with Gasteiger partial charge in [-0.1, -0.05) is 11.6 Å². The van der Waals surface area contributed by atoms with E-state index in [1.165, 1.54) is 6.07 Å². The number of anilines is 1. The topological polar surface area (TPSA) is 73.6 Å². The van der Waals surface area contributed by atoms with E-state index in [2.05, 4.69) is 0 Å². The molecule has 2 rings (SSSR count). The Labute approximate surface area is 109 Å². The molecule has 0 aromatic heterocycles. The molecule has 0 spiro atoms. The molecule has 1 atom stereocenters. The van der Waals surface area contributed by atoms with E-state index in [1.807, 2.05) is 11.0 Å². The van der Waals surface area contributed by atoms with Crippen LogP contribution in [0.1, 0.15) is 10.4 Å². The minimum absolute atomic E-state index is 0.140. The molecule has 1 aliphatic rings. The molecule has 6 heteroatoms. The number of rotatable bonds is 2. The lowest BCUT2D eigenvalue weighted by Crippen LogP contribution is -2.42. The van der Waals surface area contributed by atoms with Crippen LogP contribution in [0.15, 0.2) is 18.2 Å². The van der Waals surface area contributed by atoms with Crippen molar-refractivity contribution < 1.29 is 14.6 Å². The third kappa shape index (κ3) is 2.55. The molecule has 1 N–H and O–H groups in total. The standard InChI is InChI=1S/C12H11ClN2O3/c13-8-1-2-11(10(5-8)12(16)17)15-3-4-18-9(6-14)7-15/h1-2,5,9H,3-4,7H2,(H,16,17). The first-order valence-electron chi connectivity index (χ1n) is 5.41. The molecule has 0 bridgehead atoms. The number of morpholine rings is 1. The number of carboxylic acids is 1. The summed E-state index contributed by atoms with van der Waals surface area (Å²) in [5, 5.41) is 18.4. The Hall–Kier alpha value is -1.77. The van der Waals surface area contributed by atoms with Crippen LogP contribution in [0.4, 0.5) is 5.69 Å². The zero-order valence-corrected chi connectivity index (χ0v) is 10.2. The highest BCUT2D eigenvalue weighted by Gasteiger charge is 2.23. The highest BCUT2D eigenvalue weighted by Crippen LogP contribution is 2.26. The van der Waals surface area contributed by atoms with Crippen LogP contribution in [-0.2, 0) is 4.74 Å². The van der Waals surface area contributed by atoms with Gasteiger partial charge in [-0.15, -0.1) is 0 Å². The summed E-state index contributed by atoms with van der Waals surface area (Å²) < 4.78 is 5.23. The number of nitriles is 1. The monoisotopic (exact) mass is 266 g/mol. The number of nitrogens with zero attached hydrogens (tertiary/aromatic N) is 2. The second-order valence-electron chi connectivity index (χ2n) is 3.90. The average molecular weight is 267 g/mol. The zero-order chi connectivity index (χ0) is 13.1. The molecule has 94 valence electrons. The van der Waals surface area contributed by atoms with E-state index in [0.717, 1.165) is 0 Å². The first-order chi connectivity index (χ1) is 8.61. The summed E-state index contributed by atoms with van der Waals surface area (Å²) in [5.74, 6) is -1.03. The predicted octanol–water partition coefficient (Wildman–Crippen LogP) is 1.77. The number of aromatic carboxylic acids is 1. The summed E-state index contributed by atoms with van der Waals surface area (Å²) in [6, 6.07) is 6.74. The highest BCUT2D eigenvalue weighted by molar-refractivity contribution is 6.31. The van der Waals surface area contributed by atoms with Gasteiger partial charge in [0.05, 0.1) is 30.5 Å². The first-order valence-corrected chi connectivity index (χ1v) is 5.78. The van der Waals surface area contributed by atoms with Crippen molar-refractivity contribution in [3.63, 3.8) is 0 Å². The number of ether oxygens (including phenoxy) is 1. The molecule has 0 amide bonds. The predicted molar refractivity (Wildman–Crippen MR) is 66.0 cm³/mol. The Morgan fingerprint density at radius 1 is 1.61 bits per heavy atom. The molecule has 1 aromatic rings. The molecule has 1 saturated heterocycles. The lowest BCUT2D eigenvalue weighted by molar-refractivity contribution is 0.0688. The molecule has 18 heavy (non-hydrogen) atoms. The van der Waals surface area contributed by atoms with Crippen LogP contribution in [0, 0.1) is 11.3 Å². The summed E-state index contributed by atoms with van der Waals surface area (Å²) in [6.07, 6.45) is -0.531. The molecule has 1 aromatic carbocycles. The lowest BCUT2D eigenvalue weighted by atomic mass is 10.1. The fourth-order valence-corrected chi connectivity index (χ4v) is 2.07. The average Bonchev–Trinajstić information content (AvgIpc) is 2.38. The van der Waals surface area contributed by atoms with Crippen molar-refractivity contribution in [1.29, 1.82) is 5.26 Å². The third-order valence-corrected chi connectivity index (χ3v) is 2.98. The van der Waals surface area contributed by atoms with Gasteiger partial charge in [0.25, 0.3) is 0 Å². The molecular weight excluding hydrogens is 256 g/mol. The van der Waals surface area contributed by atoms with Crippen molar-refractivity contribution in [2.75, 3.05) is 24.6 Å². The summed E-state index contributed by atoms with van der Waals surface area (Å²) in [6.45, 7) is 1.32. The quantitative estimate of drug-likeness (QED) is 0.883. The Balaban J connectivity index is 2.33. The van der Waals surface area contributed by atoms with E-state index in [9.17, 15) is 4.79 Å². The second-order valence-corrected chi connectivity index (χ2v) is 4.34. The fourth-order valence-electron chi connectivity index (χ4n) is 1.90. The Bertz CT molecular complexity index is 513. The minimum atomic E-state index is -1.03. The molecule has 1 heterocycles. The lowest BCUT2D eigenvalue weighted by Gasteiger charge is -2.32. The molecule has 1 unspecified atom stereocenters. The van der Waals surface area contributed by atoms with Crippen molar-refractivity contribution in [2.45, 2.75) is 6.10 Å². The Kier molecular flexibility index (Phi) is 3.70. The normalized spacial score (nSPS) is 19.3. The molecule has 1 aliphatic heterocycles. The maximum atomic E-state index is 11.2. The van der Waals surface area contributed by atoms with Crippen LogP contribution in [0.25, 0.3) is 0 Å². The SMILES string of the molecule is N#CC1CN(c2ccc(Cl)cc2C(=O)O)CCO1. The van der Waals surface area contributed by atoms with E-state index in [0.29, 0.717) is 30.4 Å². The minimum Gasteiger partial charge on any atom is -0.478 e. The van der Waals surface area contributed by atoms with Gasteiger partial charge in [0.1, 0.15) is 0 Å². The van der Waals surface area contributed by atoms with Crippen LogP contribution in [0.2, 0.25) is 5.02 Å². The summed E-state index contributed by atoms with van der Waals surface area (Å²) in [7, 11) is 0. The van der Waals surface area contributed by atoms with E-state index >= 15 is 0 Å². The van der Waals surface area contributed by atoms with Gasteiger partial charge < -0.3 is 14.7 Å². The van der Waals surface area contributed by atoms with Gasteiger partial charge in [0, 0.05) is 11.6 Å². The van der Waals surface area contributed by atoms with Crippen LogP contribution < -0.4 is 4.90 Å². The third-order valence-electron chi connectivity index (χ3n) is 2.74. The van der Waals surface area contributed by atoms with Crippen LogP contribution in [0.3, 0.4) is 0 Å². The number of hydrogen-bond acceptors (Lipinski definition) is 4. The molecule has 0 radical (unpaired) electrons. The first kappa shape index (κ1) is 12.7. The number of carboxylic acid groups (broad SMARTS) is 1. The van der Waals surface area contributed by atoms with Crippen molar-refractivity contribution in [2.24, 2.45) is 0 Å². The number of halogens is 1. The van der Waals surface area contributed by atoms with Gasteiger partial charge in [-0.2, -0.15) is 5.26 Å². The Morgan fingerprint density at radius 2 is 2.39 bits per heavy atom. The smallest absolute Gasteiger partial charge is 0.337 e. The van der Waals surface area contributed by atoms with E-state index in [1.54, 1.807) is 12.1 Å². The van der Waals surface area contributed by atoms with Crippen LogP contribution in [-0.4, -0.2) is 36.9 Å². The van der Waals surface area contributed by atoms with Gasteiger partial charge in [-0.05, 0) is 18.2 Å². The van der Waals surface area contributed by atoms with E-state index in [4.69, 9.17) is 26.7 Å². The van der Waals surface area contributed by atoms with Crippen LogP contribution in [0.5, 0.6) is 0 Å². The second kappa shape index (κ2) is 5.25. The molecule has 0 aliphatic carbocycles. The summed E-state index contributed by atoms with van der Waals surface area (Å²) in [4.78, 5) is 13.0. The number of benzene rings is 1. The van der Waals surface area contributed by atoms with Crippen LogP contribution >= 0.6 is 11.6 Å². The van der Waals surface area contributed by atoms with E-state index < -0.39 is 12.1 Å². The van der Waals surface area contributed by atoms with Crippen molar-refractivity contribution in [3.05, 3.63) is 28.8 Å². The van der Waals surface area contributed by atoms with Crippen molar-refractivity contribution in [3.8, 4) is 6.07 Å².